The predicted molar refractivity (Wildman–Crippen MR) is 122 cm³/mol. The fourth-order valence-electron chi connectivity index (χ4n) is 3.01. The molecule has 28 heavy (non-hydrogen) atoms. The molecule has 0 aliphatic carbocycles. The Kier molecular flexibility index (Phi) is 8.53. The number of hydrogen-bond donors (Lipinski definition) is 2. The quantitative estimate of drug-likeness (QED) is 0.265. The van der Waals surface area contributed by atoms with E-state index in [1.54, 1.807) is 6.26 Å². The molecule has 0 amide bonds. The lowest BCUT2D eigenvalue weighted by Gasteiger charge is -2.25. The number of aryl methyl sites for hydroxylation is 1. The lowest BCUT2D eigenvalue weighted by Crippen LogP contribution is -2.47. The molecule has 3 rings (SSSR count). The van der Waals surface area contributed by atoms with Gasteiger partial charge in [0.15, 0.2) is 11.8 Å². The number of fused-ring (bicyclic) bond motifs is 1. The molecule has 7 nitrogen and oxygen atoms in total. The smallest absolute Gasteiger partial charge is 0.191 e. The van der Waals surface area contributed by atoms with Gasteiger partial charge in [0, 0.05) is 31.3 Å². The molecule has 2 N–H and O–H groups in total. The van der Waals surface area contributed by atoms with Gasteiger partial charge in [-0.1, -0.05) is 26.0 Å². The number of halogens is 1. The van der Waals surface area contributed by atoms with Crippen molar-refractivity contribution < 1.29 is 4.42 Å². The average Bonchev–Trinajstić information content (AvgIpc) is 3.28. The van der Waals surface area contributed by atoms with Gasteiger partial charge in [-0.2, -0.15) is 5.10 Å². The van der Waals surface area contributed by atoms with E-state index >= 15 is 0 Å². The van der Waals surface area contributed by atoms with E-state index < -0.39 is 0 Å². The van der Waals surface area contributed by atoms with Gasteiger partial charge in [-0.05, 0) is 25.5 Å². The second-order valence-corrected chi connectivity index (χ2v) is 7.48. The van der Waals surface area contributed by atoms with Crippen LogP contribution < -0.4 is 10.6 Å². The van der Waals surface area contributed by atoms with Crippen LogP contribution in [0, 0.1) is 0 Å². The summed E-state index contributed by atoms with van der Waals surface area (Å²) in [7, 11) is 0. The van der Waals surface area contributed by atoms with E-state index in [1.807, 2.05) is 23.7 Å². The van der Waals surface area contributed by atoms with Gasteiger partial charge in [-0.25, -0.2) is 14.7 Å². The Morgan fingerprint density at radius 3 is 2.96 bits per heavy atom. The third-order valence-corrected chi connectivity index (χ3v) is 4.48. The van der Waals surface area contributed by atoms with E-state index in [0.29, 0.717) is 12.5 Å². The molecule has 154 valence electrons. The van der Waals surface area contributed by atoms with Crippen LogP contribution in [-0.2, 0) is 19.4 Å². The molecule has 0 bridgehead atoms. The summed E-state index contributed by atoms with van der Waals surface area (Å²) in [4.78, 5) is 9.30. The summed E-state index contributed by atoms with van der Waals surface area (Å²) >= 11 is 0. The van der Waals surface area contributed by atoms with Gasteiger partial charge in [-0.15, -0.1) is 24.0 Å². The number of aromatic nitrogens is 3. The van der Waals surface area contributed by atoms with Crippen LogP contribution >= 0.6 is 24.0 Å². The molecule has 1 aliphatic rings. The molecule has 3 heterocycles. The average molecular weight is 498 g/mol. The molecule has 0 fully saturated rings. The van der Waals surface area contributed by atoms with Crippen LogP contribution in [0.4, 0.5) is 0 Å². The lowest BCUT2D eigenvalue weighted by molar-refractivity contribution is 0.391. The molecule has 2 aromatic rings. The van der Waals surface area contributed by atoms with Crippen LogP contribution in [0.5, 0.6) is 0 Å². The molecule has 8 heteroatoms. The first-order valence-electron chi connectivity index (χ1n) is 9.66. The highest BCUT2D eigenvalue weighted by molar-refractivity contribution is 14.0. The van der Waals surface area contributed by atoms with Gasteiger partial charge in [-0.3, -0.25) is 0 Å². The molecule has 0 saturated heterocycles. The van der Waals surface area contributed by atoms with Gasteiger partial charge in [0.25, 0.3) is 0 Å². The third kappa shape index (κ3) is 6.35. The second-order valence-electron chi connectivity index (χ2n) is 7.48. The topological polar surface area (TPSA) is 80.3 Å². The van der Waals surface area contributed by atoms with E-state index in [4.69, 9.17) is 4.42 Å². The molecule has 0 aromatic carbocycles. The van der Waals surface area contributed by atoms with Crippen molar-refractivity contribution in [3.63, 3.8) is 0 Å². The SMILES string of the molecule is C=C(C)CN=C(NCCc1ccco1)NC1CCc2nc(C(C)C)nn2C1.I. The standard InChI is InChI=1S/C20H30N6O.HI/c1-14(2)12-22-20(21-10-9-17-6-5-11-27-17)23-16-7-8-18-24-19(15(3)4)25-26(18)13-16;/h5-6,11,15-16H,1,7-10,12-13H2,2-4H3,(H2,21,22,23);1H. The van der Waals surface area contributed by atoms with Gasteiger partial charge in [0.05, 0.1) is 19.4 Å². The minimum atomic E-state index is 0. The van der Waals surface area contributed by atoms with Gasteiger partial charge in [0.1, 0.15) is 11.6 Å². The number of aliphatic imine (C=N–C) groups is 1. The normalized spacial score (nSPS) is 16.4. The Labute approximate surface area is 184 Å². The first kappa shape index (κ1) is 22.4. The Morgan fingerprint density at radius 2 is 2.29 bits per heavy atom. The number of nitrogens with zero attached hydrogens (tertiary/aromatic N) is 4. The number of guanidine groups is 1. The largest absolute Gasteiger partial charge is 0.469 e. The van der Waals surface area contributed by atoms with Crippen LogP contribution in [0.3, 0.4) is 0 Å². The summed E-state index contributed by atoms with van der Waals surface area (Å²) in [6.07, 6.45) is 4.46. The van der Waals surface area contributed by atoms with E-state index in [1.165, 1.54) is 0 Å². The summed E-state index contributed by atoms with van der Waals surface area (Å²) < 4.78 is 7.43. The fraction of sp³-hybridized carbons (Fsp3) is 0.550. The number of furan rings is 1. The second kappa shape index (κ2) is 10.6. The minimum absolute atomic E-state index is 0. The van der Waals surface area contributed by atoms with Crippen molar-refractivity contribution in [2.24, 2.45) is 4.99 Å². The van der Waals surface area contributed by atoms with E-state index in [9.17, 15) is 0 Å². The van der Waals surface area contributed by atoms with Gasteiger partial charge >= 0.3 is 0 Å². The monoisotopic (exact) mass is 498 g/mol. The molecular formula is C20H31IN6O. The third-order valence-electron chi connectivity index (χ3n) is 4.48. The van der Waals surface area contributed by atoms with Crippen LogP contribution in [0.1, 0.15) is 50.5 Å². The summed E-state index contributed by atoms with van der Waals surface area (Å²) in [5, 5.41) is 11.6. The molecule has 1 aliphatic heterocycles. The molecule has 0 radical (unpaired) electrons. The maximum atomic E-state index is 5.39. The Hall–Kier alpha value is -1.84. The predicted octanol–water partition coefficient (Wildman–Crippen LogP) is 3.28. The summed E-state index contributed by atoms with van der Waals surface area (Å²) in [6.45, 7) is 12.4. The van der Waals surface area contributed by atoms with Crippen LogP contribution in [0.15, 0.2) is 40.0 Å². The summed E-state index contributed by atoms with van der Waals surface area (Å²) in [5.74, 6) is 4.14. The van der Waals surface area contributed by atoms with Crippen LogP contribution in [0.2, 0.25) is 0 Å². The first-order chi connectivity index (χ1) is 13.0. The number of nitrogens with one attached hydrogen (secondary N) is 2. The zero-order chi connectivity index (χ0) is 19.2. The number of rotatable bonds is 7. The van der Waals surface area contributed by atoms with Crippen LogP contribution in [-0.4, -0.2) is 39.9 Å². The zero-order valence-corrected chi connectivity index (χ0v) is 19.3. The van der Waals surface area contributed by atoms with Crippen molar-refractivity contribution in [2.45, 2.75) is 58.5 Å². The lowest BCUT2D eigenvalue weighted by atomic mass is 10.1. The summed E-state index contributed by atoms with van der Waals surface area (Å²) in [6, 6.07) is 4.17. The van der Waals surface area contributed by atoms with Crippen molar-refractivity contribution in [3.05, 3.63) is 48.0 Å². The molecule has 2 aromatic heterocycles. The molecular weight excluding hydrogens is 467 g/mol. The van der Waals surface area contributed by atoms with Gasteiger partial charge < -0.3 is 15.1 Å². The van der Waals surface area contributed by atoms with Gasteiger partial charge in [0.2, 0.25) is 0 Å². The maximum absolute atomic E-state index is 5.39. The van der Waals surface area contributed by atoms with Crippen molar-refractivity contribution in [2.75, 3.05) is 13.1 Å². The molecule has 0 saturated carbocycles. The molecule has 0 spiro atoms. The fourth-order valence-corrected chi connectivity index (χ4v) is 3.01. The molecule has 1 unspecified atom stereocenters. The minimum Gasteiger partial charge on any atom is -0.469 e. The highest BCUT2D eigenvalue weighted by atomic mass is 127. The van der Waals surface area contributed by atoms with Crippen molar-refractivity contribution in [1.29, 1.82) is 0 Å². The zero-order valence-electron chi connectivity index (χ0n) is 16.9. The van der Waals surface area contributed by atoms with E-state index in [2.05, 4.69) is 46.1 Å². The summed E-state index contributed by atoms with van der Waals surface area (Å²) in [5.41, 5.74) is 1.03. The van der Waals surface area contributed by atoms with Crippen LogP contribution in [0.25, 0.3) is 0 Å². The van der Waals surface area contributed by atoms with E-state index in [-0.39, 0.29) is 30.0 Å². The Bertz CT molecular complexity index is 781. The van der Waals surface area contributed by atoms with Crippen molar-refractivity contribution in [1.82, 2.24) is 25.4 Å². The number of hydrogen-bond acceptors (Lipinski definition) is 4. The molecule has 1 atom stereocenters. The first-order valence-corrected chi connectivity index (χ1v) is 9.66. The highest BCUT2D eigenvalue weighted by Gasteiger charge is 2.23. The van der Waals surface area contributed by atoms with Crippen molar-refractivity contribution >= 4 is 29.9 Å². The maximum Gasteiger partial charge on any atom is 0.191 e. The highest BCUT2D eigenvalue weighted by Crippen LogP contribution is 2.17. The Morgan fingerprint density at radius 1 is 1.46 bits per heavy atom. The Balaban J connectivity index is 0.00000280. The van der Waals surface area contributed by atoms with Crippen molar-refractivity contribution in [3.8, 4) is 0 Å². The van der Waals surface area contributed by atoms with E-state index in [0.717, 1.165) is 61.3 Å².